The maximum absolute atomic E-state index is 11.1. The number of hydrogen-bond acceptors (Lipinski definition) is 5. The number of methoxy groups -OCH3 is 2. The van der Waals surface area contributed by atoms with Gasteiger partial charge in [0, 0.05) is 6.07 Å². The minimum atomic E-state index is -0.916. The Balaban J connectivity index is 1.49. The number of benzene rings is 3. The van der Waals surface area contributed by atoms with Crippen LogP contribution in [-0.4, -0.2) is 38.5 Å². The van der Waals surface area contributed by atoms with Crippen molar-refractivity contribution >= 4 is 5.97 Å². The lowest BCUT2D eigenvalue weighted by Crippen LogP contribution is -2.15. The summed E-state index contributed by atoms with van der Waals surface area (Å²) in [7, 11) is 3.33. The van der Waals surface area contributed by atoms with Gasteiger partial charge in [0.2, 0.25) is 0 Å². The summed E-state index contributed by atoms with van der Waals surface area (Å²) < 4.78 is 22.6. The zero-order chi connectivity index (χ0) is 23.2. The first-order chi connectivity index (χ1) is 16.1. The Morgan fingerprint density at radius 1 is 0.758 bits per heavy atom. The summed E-state index contributed by atoms with van der Waals surface area (Å²) in [5, 5.41) is 9.08. The number of fused-ring (bicyclic) bond motifs is 1. The molecule has 0 fully saturated rings. The van der Waals surface area contributed by atoms with Crippen molar-refractivity contribution in [2.24, 2.45) is 0 Å². The van der Waals surface area contributed by atoms with Crippen LogP contribution in [0, 0.1) is 0 Å². The van der Waals surface area contributed by atoms with Crippen molar-refractivity contribution in [3.63, 3.8) is 0 Å². The van der Waals surface area contributed by atoms with Gasteiger partial charge in [0.1, 0.15) is 24.7 Å². The molecule has 0 amide bonds. The molecular formula is C27H28O6. The second-order valence-corrected chi connectivity index (χ2v) is 7.96. The highest BCUT2D eigenvalue weighted by atomic mass is 16.6. The lowest BCUT2D eigenvalue weighted by molar-refractivity contribution is 0.0697. The molecule has 0 aliphatic carbocycles. The first-order valence-electron chi connectivity index (χ1n) is 11.0. The van der Waals surface area contributed by atoms with Gasteiger partial charge in [-0.15, -0.1) is 0 Å². The van der Waals surface area contributed by atoms with E-state index in [0.29, 0.717) is 18.8 Å². The third-order valence-electron chi connectivity index (χ3n) is 5.86. The third kappa shape index (κ3) is 5.40. The summed E-state index contributed by atoms with van der Waals surface area (Å²) >= 11 is 0. The molecule has 0 aromatic heterocycles. The quantitative estimate of drug-likeness (QED) is 0.510. The standard InChI is InChI=1S/C27H28O6/c1-30-24-17-25(31-2)22(11-6-19-7-12-23-26(15-19)33-14-13-32-23)16-21(24)10-5-18-3-8-20(9-4-18)27(28)29/h3-4,7-9,12,15-17H,5-6,10-11,13-14H2,1-2H3,(H,28,29). The van der Waals surface area contributed by atoms with Crippen LogP contribution in [0.3, 0.4) is 0 Å². The molecule has 1 aliphatic rings. The number of carboxylic acid groups (broad SMARTS) is 1. The molecule has 6 nitrogen and oxygen atoms in total. The number of carboxylic acids is 1. The van der Waals surface area contributed by atoms with Crippen LogP contribution >= 0.6 is 0 Å². The van der Waals surface area contributed by atoms with E-state index in [0.717, 1.165) is 65.4 Å². The van der Waals surface area contributed by atoms with Gasteiger partial charge >= 0.3 is 5.97 Å². The SMILES string of the molecule is COc1cc(OC)c(CCc2ccc3c(c2)OCCO3)cc1CCc1ccc(C(=O)O)cc1. The Labute approximate surface area is 193 Å². The van der Waals surface area contributed by atoms with Crippen LogP contribution in [-0.2, 0) is 25.7 Å². The van der Waals surface area contributed by atoms with Crippen LogP contribution in [0.25, 0.3) is 0 Å². The molecule has 0 spiro atoms. The van der Waals surface area contributed by atoms with Crippen molar-refractivity contribution in [1.29, 1.82) is 0 Å². The predicted octanol–water partition coefficient (Wildman–Crippen LogP) is 4.74. The molecule has 0 radical (unpaired) electrons. The van der Waals surface area contributed by atoms with E-state index in [2.05, 4.69) is 12.1 Å². The van der Waals surface area contributed by atoms with E-state index in [4.69, 9.17) is 24.1 Å². The highest BCUT2D eigenvalue weighted by Gasteiger charge is 2.14. The van der Waals surface area contributed by atoms with Gasteiger partial charge in [0.25, 0.3) is 0 Å². The fraction of sp³-hybridized carbons (Fsp3) is 0.296. The minimum Gasteiger partial charge on any atom is -0.496 e. The van der Waals surface area contributed by atoms with Crippen LogP contribution in [0.5, 0.6) is 23.0 Å². The molecule has 0 saturated heterocycles. The van der Waals surface area contributed by atoms with Gasteiger partial charge in [0.15, 0.2) is 11.5 Å². The van der Waals surface area contributed by atoms with E-state index >= 15 is 0 Å². The Hall–Kier alpha value is -3.67. The molecule has 0 bridgehead atoms. The largest absolute Gasteiger partial charge is 0.496 e. The average Bonchev–Trinajstić information content (AvgIpc) is 2.86. The van der Waals surface area contributed by atoms with Gasteiger partial charge in [-0.05, 0) is 78.3 Å². The zero-order valence-electron chi connectivity index (χ0n) is 18.9. The maximum Gasteiger partial charge on any atom is 0.335 e. The fourth-order valence-corrected chi connectivity index (χ4v) is 4.04. The first kappa shape index (κ1) is 22.5. The molecule has 1 aliphatic heterocycles. The van der Waals surface area contributed by atoms with Crippen LogP contribution in [0.15, 0.2) is 54.6 Å². The number of aryl methyl sites for hydroxylation is 4. The van der Waals surface area contributed by atoms with Crippen LogP contribution in [0.4, 0.5) is 0 Å². The van der Waals surface area contributed by atoms with Gasteiger partial charge in [-0.3, -0.25) is 0 Å². The lowest BCUT2D eigenvalue weighted by atomic mass is 9.97. The maximum atomic E-state index is 11.1. The summed E-state index contributed by atoms with van der Waals surface area (Å²) in [4.78, 5) is 11.1. The van der Waals surface area contributed by atoms with Crippen molar-refractivity contribution in [2.45, 2.75) is 25.7 Å². The van der Waals surface area contributed by atoms with E-state index in [1.54, 1.807) is 26.4 Å². The zero-order valence-corrected chi connectivity index (χ0v) is 18.9. The number of hydrogen-bond donors (Lipinski definition) is 1. The summed E-state index contributed by atoms with van der Waals surface area (Å²) in [5.74, 6) is 2.28. The highest BCUT2D eigenvalue weighted by Crippen LogP contribution is 2.33. The Morgan fingerprint density at radius 2 is 1.33 bits per heavy atom. The third-order valence-corrected chi connectivity index (χ3v) is 5.86. The van der Waals surface area contributed by atoms with Crippen molar-refractivity contribution in [3.05, 3.63) is 82.4 Å². The minimum absolute atomic E-state index is 0.294. The Morgan fingerprint density at radius 3 is 1.94 bits per heavy atom. The smallest absolute Gasteiger partial charge is 0.335 e. The first-order valence-corrected chi connectivity index (χ1v) is 11.0. The number of ether oxygens (including phenoxy) is 4. The molecule has 0 saturated carbocycles. The number of rotatable bonds is 9. The van der Waals surface area contributed by atoms with Crippen molar-refractivity contribution < 1.29 is 28.8 Å². The molecule has 33 heavy (non-hydrogen) atoms. The summed E-state index contributed by atoms with van der Waals surface area (Å²) in [6.07, 6.45) is 3.21. The van der Waals surface area contributed by atoms with Crippen LogP contribution in [0.1, 0.15) is 32.6 Å². The highest BCUT2D eigenvalue weighted by molar-refractivity contribution is 5.87. The average molecular weight is 449 g/mol. The van der Waals surface area contributed by atoms with Gasteiger partial charge in [-0.1, -0.05) is 18.2 Å². The lowest BCUT2D eigenvalue weighted by Gasteiger charge is -2.19. The summed E-state index contributed by atoms with van der Waals surface area (Å²) in [6.45, 7) is 1.16. The van der Waals surface area contributed by atoms with Crippen molar-refractivity contribution in [3.8, 4) is 23.0 Å². The summed E-state index contributed by atoms with van der Waals surface area (Å²) in [6, 6.07) is 17.2. The molecule has 3 aromatic carbocycles. The monoisotopic (exact) mass is 448 g/mol. The molecule has 4 rings (SSSR count). The molecule has 0 unspecified atom stereocenters. The normalized spacial score (nSPS) is 12.3. The second kappa shape index (κ2) is 10.3. The van der Waals surface area contributed by atoms with Gasteiger partial charge in [-0.2, -0.15) is 0 Å². The second-order valence-electron chi connectivity index (χ2n) is 7.96. The molecular weight excluding hydrogens is 420 g/mol. The van der Waals surface area contributed by atoms with E-state index in [1.807, 2.05) is 30.3 Å². The molecule has 3 aromatic rings. The van der Waals surface area contributed by atoms with Crippen LogP contribution < -0.4 is 18.9 Å². The topological polar surface area (TPSA) is 74.2 Å². The van der Waals surface area contributed by atoms with Crippen molar-refractivity contribution in [2.75, 3.05) is 27.4 Å². The van der Waals surface area contributed by atoms with Crippen molar-refractivity contribution in [1.82, 2.24) is 0 Å². The predicted molar refractivity (Wildman–Crippen MR) is 125 cm³/mol. The molecule has 1 N–H and O–H groups in total. The van der Waals surface area contributed by atoms with E-state index in [9.17, 15) is 4.79 Å². The van der Waals surface area contributed by atoms with Crippen LogP contribution in [0.2, 0.25) is 0 Å². The summed E-state index contributed by atoms with van der Waals surface area (Å²) in [5.41, 5.74) is 4.76. The van der Waals surface area contributed by atoms with Gasteiger partial charge < -0.3 is 24.1 Å². The Bertz CT molecular complexity index is 1120. The Kier molecular flexibility index (Phi) is 7.03. The van der Waals surface area contributed by atoms with Gasteiger partial charge in [-0.25, -0.2) is 4.79 Å². The van der Waals surface area contributed by atoms with Gasteiger partial charge in [0.05, 0.1) is 19.8 Å². The molecule has 1 heterocycles. The number of carbonyl (C=O) groups is 1. The van der Waals surface area contributed by atoms with E-state index in [1.165, 1.54) is 5.56 Å². The van der Waals surface area contributed by atoms with E-state index < -0.39 is 5.97 Å². The van der Waals surface area contributed by atoms with E-state index in [-0.39, 0.29) is 0 Å². The number of aromatic carboxylic acids is 1. The molecule has 0 atom stereocenters. The fourth-order valence-electron chi connectivity index (χ4n) is 4.04. The molecule has 6 heteroatoms. The molecule has 172 valence electrons.